The average molecular weight is 278 g/mol. The van der Waals surface area contributed by atoms with E-state index in [1.807, 2.05) is 11.8 Å². The van der Waals surface area contributed by atoms with Crippen LogP contribution in [0.1, 0.15) is 30.9 Å². The van der Waals surface area contributed by atoms with E-state index in [4.69, 9.17) is 0 Å². The first kappa shape index (κ1) is 13.3. The van der Waals surface area contributed by atoms with Crippen LogP contribution in [0.3, 0.4) is 0 Å². The maximum absolute atomic E-state index is 10.4. The van der Waals surface area contributed by atoms with Crippen molar-refractivity contribution in [1.29, 1.82) is 0 Å². The summed E-state index contributed by atoms with van der Waals surface area (Å²) in [4.78, 5) is 0. The third-order valence-corrected chi connectivity index (χ3v) is 5.32. The average Bonchev–Trinajstić information content (AvgIpc) is 2.75. The highest BCUT2D eigenvalue weighted by molar-refractivity contribution is 7.99. The number of rotatable bonds is 3. The number of nitrogens with one attached hydrogen (secondary N) is 2. The molecule has 0 aromatic heterocycles. The van der Waals surface area contributed by atoms with Crippen LogP contribution >= 0.6 is 11.8 Å². The van der Waals surface area contributed by atoms with Crippen molar-refractivity contribution in [2.24, 2.45) is 0 Å². The molecule has 1 saturated heterocycles. The zero-order valence-corrected chi connectivity index (χ0v) is 12.0. The van der Waals surface area contributed by atoms with Crippen LogP contribution in [-0.4, -0.2) is 35.3 Å². The predicted octanol–water partition coefficient (Wildman–Crippen LogP) is 2.39. The van der Waals surface area contributed by atoms with Gasteiger partial charge in [0.15, 0.2) is 0 Å². The first-order valence-corrected chi connectivity index (χ1v) is 8.29. The molecule has 104 valence electrons. The van der Waals surface area contributed by atoms with Gasteiger partial charge in [-0.05, 0) is 36.6 Å². The lowest BCUT2D eigenvalue weighted by atomic mass is 9.99. The van der Waals surface area contributed by atoms with Crippen LogP contribution in [-0.2, 0) is 0 Å². The Morgan fingerprint density at radius 2 is 2.32 bits per heavy atom. The molecule has 2 aliphatic rings. The fourth-order valence-electron chi connectivity index (χ4n) is 2.91. The Labute approximate surface area is 119 Å². The van der Waals surface area contributed by atoms with Crippen molar-refractivity contribution in [3.8, 4) is 0 Å². The molecular formula is C15H22N2OS. The van der Waals surface area contributed by atoms with Crippen molar-refractivity contribution < 1.29 is 5.11 Å². The molecule has 0 saturated carbocycles. The first-order valence-electron chi connectivity index (χ1n) is 7.13. The highest BCUT2D eigenvalue weighted by atomic mass is 32.2. The number of hydrogen-bond acceptors (Lipinski definition) is 4. The van der Waals surface area contributed by atoms with Crippen molar-refractivity contribution in [3.63, 3.8) is 0 Å². The van der Waals surface area contributed by atoms with E-state index in [2.05, 4.69) is 34.9 Å². The van der Waals surface area contributed by atoms with E-state index < -0.39 is 5.60 Å². The van der Waals surface area contributed by atoms with Gasteiger partial charge in [0.2, 0.25) is 0 Å². The van der Waals surface area contributed by atoms with E-state index in [1.165, 1.54) is 17.7 Å². The molecule has 4 heteroatoms. The van der Waals surface area contributed by atoms with Gasteiger partial charge in [0.05, 0.1) is 5.60 Å². The molecule has 3 nitrogen and oxygen atoms in total. The maximum Gasteiger partial charge on any atom is 0.0869 e. The Morgan fingerprint density at radius 1 is 1.42 bits per heavy atom. The Morgan fingerprint density at radius 3 is 3.16 bits per heavy atom. The number of anilines is 1. The van der Waals surface area contributed by atoms with E-state index in [1.54, 1.807) is 0 Å². The summed E-state index contributed by atoms with van der Waals surface area (Å²) >= 11 is 1.86. The van der Waals surface area contributed by atoms with Crippen LogP contribution in [0.2, 0.25) is 0 Å². The van der Waals surface area contributed by atoms with Gasteiger partial charge < -0.3 is 15.7 Å². The summed E-state index contributed by atoms with van der Waals surface area (Å²) in [6.07, 6.45) is 3.21. The summed E-state index contributed by atoms with van der Waals surface area (Å²) in [6.45, 7) is 1.74. The lowest BCUT2D eigenvalue weighted by molar-refractivity contribution is 0.0642. The fraction of sp³-hybridized carbons (Fsp3) is 0.600. The predicted molar refractivity (Wildman–Crippen MR) is 81.8 cm³/mol. The summed E-state index contributed by atoms with van der Waals surface area (Å²) in [7, 11) is 0. The number of para-hydroxylation sites is 1. The van der Waals surface area contributed by atoms with Gasteiger partial charge in [-0.1, -0.05) is 18.2 Å². The van der Waals surface area contributed by atoms with Crippen LogP contribution < -0.4 is 10.6 Å². The molecular weight excluding hydrogens is 256 g/mol. The quantitative estimate of drug-likeness (QED) is 0.794. The molecule has 2 heterocycles. The molecule has 1 fully saturated rings. The first-order chi connectivity index (χ1) is 9.27. The Balaban J connectivity index is 1.70. The third-order valence-electron chi connectivity index (χ3n) is 4.08. The minimum atomic E-state index is -0.501. The highest BCUT2D eigenvalue weighted by Gasteiger charge is 2.32. The van der Waals surface area contributed by atoms with Crippen molar-refractivity contribution in [3.05, 3.63) is 29.8 Å². The van der Waals surface area contributed by atoms with Crippen LogP contribution in [0.4, 0.5) is 5.69 Å². The molecule has 2 atom stereocenters. The maximum atomic E-state index is 10.4. The summed E-state index contributed by atoms with van der Waals surface area (Å²) in [5.41, 5.74) is 2.08. The lowest BCUT2D eigenvalue weighted by Gasteiger charge is -2.26. The molecule has 0 bridgehead atoms. The lowest BCUT2D eigenvalue weighted by Crippen LogP contribution is -2.41. The van der Waals surface area contributed by atoms with Crippen LogP contribution in [0.15, 0.2) is 24.3 Å². The topological polar surface area (TPSA) is 44.3 Å². The Bertz CT molecular complexity index is 432. The van der Waals surface area contributed by atoms with Gasteiger partial charge in [-0.15, -0.1) is 0 Å². The fourth-order valence-corrected chi connectivity index (χ4v) is 4.20. The van der Waals surface area contributed by atoms with Gasteiger partial charge in [0.1, 0.15) is 0 Å². The number of thioether (sulfide) groups is 1. The molecule has 0 radical (unpaired) electrons. The minimum Gasteiger partial charge on any atom is -0.388 e. The second kappa shape index (κ2) is 5.73. The molecule has 0 spiro atoms. The number of hydrogen-bond donors (Lipinski definition) is 3. The van der Waals surface area contributed by atoms with E-state index in [0.717, 1.165) is 30.9 Å². The van der Waals surface area contributed by atoms with Gasteiger partial charge in [-0.25, -0.2) is 0 Å². The summed E-state index contributed by atoms with van der Waals surface area (Å²) in [6, 6.07) is 8.88. The second-order valence-corrected chi connectivity index (χ2v) is 6.72. The molecule has 2 aliphatic heterocycles. The largest absolute Gasteiger partial charge is 0.388 e. The molecule has 1 aromatic carbocycles. The molecule has 0 amide bonds. The van der Waals surface area contributed by atoms with E-state index in [-0.39, 0.29) is 0 Å². The summed E-state index contributed by atoms with van der Waals surface area (Å²) < 4.78 is 0. The summed E-state index contributed by atoms with van der Waals surface area (Å²) in [5.74, 6) is 1.95. The Kier molecular flexibility index (Phi) is 4.01. The molecule has 3 rings (SSSR count). The van der Waals surface area contributed by atoms with Gasteiger partial charge in [-0.2, -0.15) is 11.8 Å². The molecule has 0 unspecified atom stereocenters. The van der Waals surface area contributed by atoms with Crippen LogP contribution in [0, 0.1) is 0 Å². The zero-order chi connectivity index (χ0) is 13.1. The molecule has 0 aliphatic carbocycles. The zero-order valence-electron chi connectivity index (χ0n) is 11.2. The number of aliphatic hydroxyl groups is 1. The third kappa shape index (κ3) is 3.07. The van der Waals surface area contributed by atoms with Crippen molar-refractivity contribution >= 4 is 17.4 Å². The Hall–Kier alpha value is -0.710. The van der Waals surface area contributed by atoms with Crippen molar-refractivity contribution in [2.45, 2.75) is 30.9 Å². The number of fused-ring (bicyclic) bond motifs is 1. The molecule has 19 heavy (non-hydrogen) atoms. The molecule has 1 aromatic rings. The van der Waals surface area contributed by atoms with E-state index in [0.29, 0.717) is 12.6 Å². The SMILES string of the molecule is O[C@@]1(CN[C@H]2CCCNc3ccccc32)CCSC1. The van der Waals surface area contributed by atoms with Crippen LogP contribution in [0.5, 0.6) is 0 Å². The molecule has 3 N–H and O–H groups in total. The minimum absolute atomic E-state index is 0.362. The standard InChI is InChI=1S/C15H22N2OS/c18-15(7-9-19-11-15)10-17-14-6-3-8-16-13-5-2-1-4-12(13)14/h1-2,4-5,14,16-18H,3,6-11H2/t14-,15+/m0/s1. The summed E-state index contributed by atoms with van der Waals surface area (Å²) in [5, 5.41) is 17.5. The normalized spacial score (nSPS) is 30.5. The van der Waals surface area contributed by atoms with Crippen LogP contribution in [0.25, 0.3) is 0 Å². The van der Waals surface area contributed by atoms with E-state index >= 15 is 0 Å². The van der Waals surface area contributed by atoms with Gasteiger partial charge in [-0.3, -0.25) is 0 Å². The van der Waals surface area contributed by atoms with Gasteiger partial charge >= 0.3 is 0 Å². The monoisotopic (exact) mass is 278 g/mol. The van der Waals surface area contributed by atoms with Gasteiger partial charge in [0.25, 0.3) is 0 Å². The highest BCUT2D eigenvalue weighted by Crippen LogP contribution is 2.31. The van der Waals surface area contributed by atoms with Crippen molar-refractivity contribution in [2.75, 3.05) is 29.9 Å². The number of benzene rings is 1. The smallest absolute Gasteiger partial charge is 0.0869 e. The van der Waals surface area contributed by atoms with E-state index in [9.17, 15) is 5.11 Å². The van der Waals surface area contributed by atoms with Crippen molar-refractivity contribution in [1.82, 2.24) is 5.32 Å². The van der Waals surface area contributed by atoms with Gasteiger partial charge in [0, 0.05) is 30.6 Å². The second-order valence-electron chi connectivity index (χ2n) is 5.62.